The second-order valence-electron chi connectivity index (χ2n) is 2.83. The largest absolute Gasteiger partial charge is 0.493 e. The van der Waals surface area contributed by atoms with Gasteiger partial charge in [-0.2, -0.15) is 13.2 Å². The van der Waals surface area contributed by atoms with Crippen molar-refractivity contribution in [1.29, 1.82) is 0 Å². The highest BCUT2D eigenvalue weighted by Crippen LogP contribution is 2.30. The highest BCUT2D eigenvalue weighted by molar-refractivity contribution is 5.28. The molecule has 0 fully saturated rings. The van der Waals surface area contributed by atoms with Gasteiger partial charge in [0.05, 0.1) is 18.7 Å². The van der Waals surface area contributed by atoms with Crippen LogP contribution in [0, 0.1) is 0 Å². The molecule has 0 saturated carbocycles. The highest BCUT2D eigenvalue weighted by Gasteiger charge is 2.29. The number of hydrogen-bond donors (Lipinski definition) is 0. The maximum absolute atomic E-state index is 12.2. The third kappa shape index (κ3) is 3.70. The fourth-order valence-corrected chi connectivity index (χ4v) is 0.989. The summed E-state index contributed by atoms with van der Waals surface area (Å²) in [7, 11) is 0. The van der Waals surface area contributed by atoms with Crippen LogP contribution in [-0.2, 0) is 6.18 Å². The van der Waals surface area contributed by atoms with Crippen molar-refractivity contribution in [3.63, 3.8) is 0 Å². The molecule has 0 radical (unpaired) electrons. The lowest BCUT2D eigenvalue weighted by molar-refractivity contribution is -0.137. The quantitative estimate of drug-likeness (QED) is 0.339. The van der Waals surface area contributed by atoms with Crippen molar-refractivity contribution in [3.05, 3.63) is 40.3 Å². The molecule has 0 aliphatic heterocycles. The highest BCUT2D eigenvalue weighted by atomic mass is 19.4. The molecule has 0 aromatic heterocycles. The average Bonchev–Trinajstić information content (AvgIpc) is 2.24. The molecule has 0 saturated heterocycles. The molecule has 0 unspecified atom stereocenters. The smallest absolute Gasteiger partial charge is 0.416 e. The van der Waals surface area contributed by atoms with Crippen molar-refractivity contribution in [2.75, 3.05) is 13.2 Å². The third-order valence-electron chi connectivity index (χ3n) is 1.70. The number of ether oxygens (including phenoxy) is 1. The van der Waals surface area contributed by atoms with E-state index < -0.39 is 11.7 Å². The molecule has 0 heterocycles. The Balaban J connectivity index is 2.55. The molecule has 16 heavy (non-hydrogen) atoms. The first-order valence-electron chi connectivity index (χ1n) is 4.35. The van der Waals surface area contributed by atoms with E-state index in [1.165, 1.54) is 12.1 Å². The summed E-state index contributed by atoms with van der Waals surface area (Å²) in [6.07, 6.45) is -4.34. The number of azide groups is 1. The lowest BCUT2D eigenvalue weighted by atomic mass is 10.2. The van der Waals surface area contributed by atoms with E-state index in [9.17, 15) is 13.2 Å². The van der Waals surface area contributed by atoms with Crippen molar-refractivity contribution in [1.82, 2.24) is 0 Å². The monoisotopic (exact) mass is 231 g/mol. The fraction of sp³-hybridized carbons (Fsp3) is 0.333. The van der Waals surface area contributed by atoms with Crippen LogP contribution in [0.5, 0.6) is 5.75 Å². The van der Waals surface area contributed by atoms with Crippen LogP contribution in [0.15, 0.2) is 29.4 Å². The van der Waals surface area contributed by atoms with Gasteiger partial charge in [0.25, 0.3) is 0 Å². The SMILES string of the molecule is [N-]=[N+]=NCCOc1ccc(C(F)(F)F)cc1. The minimum atomic E-state index is -4.34. The first-order valence-corrected chi connectivity index (χ1v) is 4.35. The molecule has 0 spiro atoms. The summed E-state index contributed by atoms with van der Waals surface area (Å²) in [5, 5.41) is 3.22. The topological polar surface area (TPSA) is 58.0 Å². The lowest BCUT2D eigenvalue weighted by Crippen LogP contribution is -2.05. The number of nitrogens with zero attached hydrogens (tertiary/aromatic N) is 3. The van der Waals surface area contributed by atoms with E-state index in [0.717, 1.165) is 12.1 Å². The van der Waals surface area contributed by atoms with Gasteiger partial charge in [0.1, 0.15) is 5.75 Å². The molecular weight excluding hydrogens is 223 g/mol. The zero-order chi connectivity index (χ0) is 12.0. The van der Waals surface area contributed by atoms with Crippen molar-refractivity contribution in [2.45, 2.75) is 6.18 Å². The standard InChI is InChI=1S/C9H8F3N3O/c10-9(11,12)7-1-3-8(4-2-7)16-6-5-14-15-13/h1-4H,5-6H2. The van der Waals surface area contributed by atoms with Crippen LogP contribution < -0.4 is 4.74 Å². The van der Waals surface area contributed by atoms with Gasteiger partial charge in [-0.15, -0.1) is 0 Å². The summed E-state index contributed by atoms with van der Waals surface area (Å²) >= 11 is 0. The Morgan fingerprint density at radius 1 is 1.25 bits per heavy atom. The molecule has 7 heteroatoms. The zero-order valence-electron chi connectivity index (χ0n) is 8.11. The Kier molecular flexibility index (Phi) is 4.02. The first kappa shape index (κ1) is 12.2. The molecule has 4 nitrogen and oxygen atoms in total. The van der Waals surface area contributed by atoms with Crippen molar-refractivity contribution >= 4 is 0 Å². The van der Waals surface area contributed by atoms with Crippen LogP contribution in [0.1, 0.15) is 5.56 Å². The van der Waals surface area contributed by atoms with E-state index in [2.05, 4.69) is 10.0 Å². The van der Waals surface area contributed by atoms with Gasteiger partial charge in [0, 0.05) is 4.91 Å². The number of alkyl halides is 3. The predicted molar refractivity (Wildman–Crippen MR) is 51.0 cm³/mol. The van der Waals surface area contributed by atoms with Gasteiger partial charge in [-0.1, -0.05) is 5.11 Å². The molecular formula is C9H8F3N3O. The maximum Gasteiger partial charge on any atom is 0.416 e. The molecule has 1 aromatic rings. The summed E-state index contributed by atoms with van der Waals surface area (Å²) in [5.74, 6) is 0.307. The normalized spacial score (nSPS) is 10.7. The maximum atomic E-state index is 12.2. The van der Waals surface area contributed by atoms with Crippen molar-refractivity contribution < 1.29 is 17.9 Å². The van der Waals surface area contributed by atoms with E-state index >= 15 is 0 Å². The van der Waals surface area contributed by atoms with E-state index in [4.69, 9.17) is 10.3 Å². The first-order chi connectivity index (χ1) is 7.54. The second-order valence-corrected chi connectivity index (χ2v) is 2.83. The van der Waals surface area contributed by atoms with Gasteiger partial charge in [0.2, 0.25) is 0 Å². The molecule has 1 aromatic carbocycles. The molecule has 0 aliphatic carbocycles. The van der Waals surface area contributed by atoms with Gasteiger partial charge < -0.3 is 4.74 Å². The van der Waals surface area contributed by atoms with E-state index in [1.807, 2.05) is 0 Å². The van der Waals surface area contributed by atoms with E-state index in [-0.39, 0.29) is 13.2 Å². The van der Waals surface area contributed by atoms with E-state index in [1.54, 1.807) is 0 Å². The second kappa shape index (κ2) is 5.27. The van der Waals surface area contributed by atoms with Gasteiger partial charge in [-0.3, -0.25) is 0 Å². The summed E-state index contributed by atoms with van der Waals surface area (Å²) in [6.45, 7) is 0.271. The van der Waals surface area contributed by atoms with Crippen LogP contribution in [0.25, 0.3) is 10.4 Å². The Hall–Kier alpha value is -1.88. The van der Waals surface area contributed by atoms with Crippen LogP contribution in [0.2, 0.25) is 0 Å². The van der Waals surface area contributed by atoms with Crippen LogP contribution >= 0.6 is 0 Å². The number of benzene rings is 1. The third-order valence-corrected chi connectivity index (χ3v) is 1.70. The summed E-state index contributed by atoms with van der Waals surface area (Å²) in [5.41, 5.74) is 7.24. The van der Waals surface area contributed by atoms with Crippen LogP contribution in [0.3, 0.4) is 0 Å². The molecule has 0 bridgehead atoms. The Morgan fingerprint density at radius 2 is 1.88 bits per heavy atom. The Bertz CT molecular complexity index is 382. The molecule has 0 atom stereocenters. The Labute approximate surface area is 89.3 Å². The summed E-state index contributed by atoms with van der Waals surface area (Å²) < 4.78 is 41.6. The average molecular weight is 231 g/mol. The molecule has 0 amide bonds. The fourth-order valence-electron chi connectivity index (χ4n) is 0.989. The Morgan fingerprint density at radius 3 is 2.38 bits per heavy atom. The predicted octanol–water partition coefficient (Wildman–Crippen LogP) is 3.39. The van der Waals surface area contributed by atoms with Crippen LogP contribution in [0.4, 0.5) is 13.2 Å². The summed E-state index contributed by atoms with van der Waals surface area (Å²) in [6, 6.07) is 4.31. The zero-order valence-corrected chi connectivity index (χ0v) is 8.11. The minimum Gasteiger partial charge on any atom is -0.493 e. The number of halogens is 3. The molecule has 86 valence electrons. The van der Waals surface area contributed by atoms with E-state index in [0.29, 0.717) is 5.75 Å². The van der Waals surface area contributed by atoms with Crippen molar-refractivity contribution in [2.24, 2.45) is 5.11 Å². The van der Waals surface area contributed by atoms with Gasteiger partial charge in [-0.05, 0) is 29.8 Å². The molecule has 0 aliphatic rings. The number of rotatable bonds is 4. The van der Waals surface area contributed by atoms with Crippen molar-refractivity contribution in [3.8, 4) is 5.75 Å². The van der Waals surface area contributed by atoms with Gasteiger partial charge >= 0.3 is 6.18 Å². The minimum absolute atomic E-state index is 0.134. The summed E-state index contributed by atoms with van der Waals surface area (Å²) in [4.78, 5) is 2.51. The molecule has 0 N–H and O–H groups in total. The van der Waals surface area contributed by atoms with Crippen LogP contribution in [-0.4, -0.2) is 13.2 Å². The number of hydrogen-bond acceptors (Lipinski definition) is 2. The van der Waals surface area contributed by atoms with Gasteiger partial charge in [-0.25, -0.2) is 0 Å². The molecule has 1 rings (SSSR count). The van der Waals surface area contributed by atoms with Gasteiger partial charge in [0.15, 0.2) is 0 Å². The lowest BCUT2D eigenvalue weighted by Gasteiger charge is -2.08.